The van der Waals surface area contributed by atoms with Crippen LogP contribution in [0.3, 0.4) is 0 Å². The lowest BCUT2D eigenvalue weighted by molar-refractivity contribution is 0.0692. The fourth-order valence-corrected chi connectivity index (χ4v) is 2.41. The molecule has 1 aromatic rings. The highest BCUT2D eigenvalue weighted by Gasteiger charge is 2.34. The van der Waals surface area contributed by atoms with Crippen molar-refractivity contribution in [1.29, 1.82) is 0 Å². The molecule has 1 N–H and O–H groups in total. The normalized spacial score (nSPS) is 17.1. The molecular formula is C14H8F2O4. The monoisotopic (exact) mass is 278 g/mol. The summed E-state index contributed by atoms with van der Waals surface area (Å²) in [6.07, 6.45) is 0.472. The molecule has 0 fully saturated rings. The van der Waals surface area contributed by atoms with Crippen LogP contribution in [0.1, 0.15) is 32.7 Å². The third kappa shape index (κ3) is 1.65. The molecule has 0 saturated heterocycles. The van der Waals surface area contributed by atoms with Crippen LogP contribution in [-0.2, 0) is 0 Å². The summed E-state index contributed by atoms with van der Waals surface area (Å²) in [4.78, 5) is 23.1. The molecule has 102 valence electrons. The van der Waals surface area contributed by atoms with Gasteiger partial charge in [0.1, 0.15) is 17.4 Å². The third-order valence-corrected chi connectivity index (χ3v) is 3.24. The van der Waals surface area contributed by atoms with E-state index in [9.17, 15) is 18.4 Å². The number of aromatic carboxylic acids is 1. The van der Waals surface area contributed by atoms with E-state index in [1.165, 1.54) is 12.1 Å². The van der Waals surface area contributed by atoms with Crippen molar-refractivity contribution in [2.75, 3.05) is 6.61 Å². The van der Waals surface area contributed by atoms with Gasteiger partial charge in [0.25, 0.3) is 0 Å². The Hall–Kier alpha value is -2.50. The lowest BCUT2D eigenvalue weighted by Gasteiger charge is -2.19. The van der Waals surface area contributed by atoms with Crippen LogP contribution in [0.25, 0.3) is 5.57 Å². The molecular weight excluding hydrogens is 270 g/mol. The average Bonchev–Trinajstić information content (AvgIpc) is 2.54. The van der Waals surface area contributed by atoms with E-state index in [1.54, 1.807) is 0 Å². The minimum Gasteiger partial charge on any atom is -0.492 e. The van der Waals surface area contributed by atoms with Gasteiger partial charge < -0.3 is 9.84 Å². The van der Waals surface area contributed by atoms with Gasteiger partial charge in [0.15, 0.2) is 5.78 Å². The molecule has 3 rings (SSSR count). The number of ether oxygens (including phenoxy) is 1. The van der Waals surface area contributed by atoms with Gasteiger partial charge in [-0.25, -0.2) is 13.6 Å². The number of benzene rings is 1. The maximum atomic E-state index is 14.0. The van der Waals surface area contributed by atoms with Crippen molar-refractivity contribution in [3.05, 3.63) is 46.6 Å². The molecule has 0 spiro atoms. The Kier molecular flexibility index (Phi) is 2.67. The van der Waals surface area contributed by atoms with Crippen molar-refractivity contribution in [3.63, 3.8) is 0 Å². The number of rotatable bonds is 1. The molecule has 1 aromatic carbocycles. The van der Waals surface area contributed by atoms with Crippen LogP contribution in [0.2, 0.25) is 0 Å². The summed E-state index contributed by atoms with van der Waals surface area (Å²) in [5.41, 5.74) is -1.02. The van der Waals surface area contributed by atoms with Gasteiger partial charge in [-0.05, 0) is 12.1 Å². The Morgan fingerprint density at radius 1 is 1.25 bits per heavy atom. The summed E-state index contributed by atoms with van der Waals surface area (Å²) in [6.45, 7) is -0.00430. The largest absolute Gasteiger partial charge is 0.492 e. The van der Waals surface area contributed by atoms with Gasteiger partial charge in [0.05, 0.1) is 17.7 Å². The molecule has 2 aliphatic rings. The molecule has 6 heteroatoms. The maximum absolute atomic E-state index is 14.0. The van der Waals surface area contributed by atoms with Gasteiger partial charge in [-0.15, -0.1) is 0 Å². The number of ketones is 1. The highest BCUT2D eigenvalue weighted by Crippen LogP contribution is 2.44. The van der Waals surface area contributed by atoms with Gasteiger partial charge in [0, 0.05) is 23.6 Å². The van der Waals surface area contributed by atoms with E-state index < -0.39 is 23.4 Å². The number of carbonyl (C=O) groups is 2. The molecule has 0 aromatic heterocycles. The van der Waals surface area contributed by atoms with Crippen molar-refractivity contribution in [1.82, 2.24) is 0 Å². The molecule has 0 saturated carbocycles. The second kappa shape index (κ2) is 4.26. The van der Waals surface area contributed by atoms with Crippen molar-refractivity contribution in [2.24, 2.45) is 0 Å². The molecule has 1 aliphatic carbocycles. The first-order valence-corrected chi connectivity index (χ1v) is 5.84. The summed E-state index contributed by atoms with van der Waals surface area (Å²) in [5, 5.41) is 9.11. The molecule has 0 amide bonds. The number of allylic oxidation sites excluding steroid dienone is 3. The number of carbonyl (C=O) groups excluding carboxylic acids is 1. The van der Waals surface area contributed by atoms with Crippen molar-refractivity contribution in [3.8, 4) is 5.75 Å². The zero-order chi connectivity index (χ0) is 14.4. The third-order valence-electron chi connectivity index (χ3n) is 3.24. The Morgan fingerprint density at radius 2 is 2.00 bits per heavy atom. The average molecular weight is 278 g/mol. The van der Waals surface area contributed by atoms with E-state index in [1.807, 2.05) is 0 Å². The fourth-order valence-electron chi connectivity index (χ4n) is 2.41. The molecule has 0 unspecified atom stereocenters. The van der Waals surface area contributed by atoms with Gasteiger partial charge in [-0.1, -0.05) is 0 Å². The smallest absolute Gasteiger partial charge is 0.336 e. The minimum absolute atomic E-state index is 0.00430. The number of halogens is 2. The number of carboxylic acids is 1. The van der Waals surface area contributed by atoms with Gasteiger partial charge in [-0.3, -0.25) is 4.79 Å². The number of carboxylic acid groups (broad SMARTS) is 1. The van der Waals surface area contributed by atoms with E-state index in [-0.39, 0.29) is 41.0 Å². The number of hydrogen-bond acceptors (Lipinski definition) is 3. The first-order valence-electron chi connectivity index (χ1n) is 5.84. The summed E-state index contributed by atoms with van der Waals surface area (Å²) < 4.78 is 33.1. The minimum atomic E-state index is -1.34. The van der Waals surface area contributed by atoms with Gasteiger partial charge in [0.2, 0.25) is 0 Å². The zero-order valence-corrected chi connectivity index (χ0v) is 10.1. The molecule has 4 nitrogen and oxygen atoms in total. The van der Waals surface area contributed by atoms with Crippen LogP contribution in [0, 0.1) is 0 Å². The quantitative estimate of drug-likeness (QED) is 0.857. The van der Waals surface area contributed by atoms with Gasteiger partial charge in [-0.2, -0.15) is 0 Å². The van der Waals surface area contributed by atoms with E-state index in [2.05, 4.69) is 0 Å². The van der Waals surface area contributed by atoms with Crippen LogP contribution >= 0.6 is 0 Å². The zero-order valence-electron chi connectivity index (χ0n) is 10.1. The Balaban J connectivity index is 2.44. The van der Waals surface area contributed by atoms with E-state index in [4.69, 9.17) is 9.84 Å². The van der Waals surface area contributed by atoms with E-state index >= 15 is 0 Å². The van der Waals surface area contributed by atoms with Crippen LogP contribution in [0.4, 0.5) is 8.78 Å². The predicted octanol–water partition coefficient (Wildman–Crippen LogP) is 2.90. The fraction of sp³-hybridized carbons (Fsp3) is 0.143. The van der Waals surface area contributed by atoms with Crippen molar-refractivity contribution in [2.45, 2.75) is 6.42 Å². The van der Waals surface area contributed by atoms with Crippen LogP contribution in [0.15, 0.2) is 29.9 Å². The SMILES string of the molecule is O=C(O)c1ccc2c3c1C(=O)C=C(F)C3=C(F)CCO2. The number of hydrogen-bond donors (Lipinski definition) is 1. The highest BCUT2D eigenvalue weighted by molar-refractivity contribution is 6.19. The lowest BCUT2D eigenvalue weighted by atomic mass is 9.86. The maximum Gasteiger partial charge on any atom is 0.336 e. The standard InChI is InChI=1S/C14H8F2O4/c15-7-3-4-20-10-2-1-6(14(18)19)11-9(17)5-8(16)12(7)13(10)11/h1-2,5H,3-4H2,(H,18,19). The van der Waals surface area contributed by atoms with Crippen LogP contribution in [-0.4, -0.2) is 23.5 Å². The second-order valence-electron chi connectivity index (χ2n) is 4.40. The highest BCUT2D eigenvalue weighted by atomic mass is 19.1. The molecule has 0 atom stereocenters. The molecule has 20 heavy (non-hydrogen) atoms. The van der Waals surface area contributed by atoms with Gasteiger partial charge >= 0.3 is 5.97 Å². The summed E-state index contributed by atoms with van der Waals surface area (Å²) in [7, 11) is 0. The summed E-state index contributed by atoms with van der Waals surface area (Å²) in [6, 6.07) is 2.51. The molecule has 1 aliphatic heterocycles. The Morgan fingerprint density at radius 3 is 2.70 bits per heavy atom. The van der Waals surface area contributed by atoms with Crippen molar-refractivity contribution < 1.29 is 28.2 Å². The predicted molar refractivity (Wildman–Crippen MR) is 65.1 cm³/mol. The van der Waals surface area contributed by atoms with E-state index in [0.717, 1.165) is 0 Å². The Bertz CT molecular complexity index is 716. The van der Waals surface area contributed by atoms with Crippen molar-refractivity contribution >= 4 is 17.3 Å². The topological polar surface area (TPSA) is 63.6 Å². The lowest BCUT2D eigenvalue weighted by Crippen LogP contribution is -2.15. The van der Waals surface area contributed by atoms with E-state index in [0.29, 0.717) is 6.08 Å². The van der Waals surface area contributed by atoms with Crippen LogP contribution in [0.5, 0.6) is 5.75 Å². The summed E-state index contributed by atoms with van der Waals surface area (Å²) >= 11 is 0. The molecule has 0 radical (unpaired) electrons. The Labute approximate surface area is 112 Å². The molecule has 0 bridgehead atoms. The second-order valence-corrected chi connectivity index (χ2v) is 4.40. The first-order chi connectivity index (χ1) is 9.50. The first kappa shape index (κ1) is 12.5. The van der Waals surface area contributed by atoms with Crippen LogP contribution < -0.4 is 4.74 Å². The summed E-state index contributed by atoms with van der Waals surface area (Å²) in [5.74, 6) is -3.79. The molecule has 1 heterocycles.